The maximum atomic E-state index is 12.3. The first-order valence-corrected chi connectivity index (χ1v) is 7.84. The summed E-state index contributed by atoms with van der Waals surface area (Å²) in [7, 11) is 1.72. The molecule has 9 heteroatoms. The first-order chi connectivity index (χ1) is 10.6. The van der Waals surface area contributed by atoms with Gasteiger partial charge in [-0.05, 0) is 17.5 Å². The molecule has 1 atom stereocenters. The third-order valence-electron chi connectivity index (χ3n) is 3.46. The van der Waals surface area contributed by atoms with E-state index in [-0.39, 0.29) is 30.8 Å². The van der Waals surface area contributed by atoms with Gasteiger partial charge >= 0.3 is 0 Å². The Morgan fingerprint density at radius 3 is 3.04 bits per heavy atom. The fourth-order valence-corrected chi connectivity index (χ4v) is 3.05. The standard InChI is InChI=1S/C14H17N5O2S.ClH/c1-19(14(21)11-6-15-7-13(20)16-11)8-9-5-10(18-17-9)12-3-2-4-22-12;/h2-5,11,15H,6-8H2,1H3,(H,16,20)(H,17,18);1H. The fourth-order valence-electron chi connectivity index (χ4n) is 2.37. The zero-order valence-electron chi connectivity index (χ0n) is 12.5. The molecule has 3 heterocycles. The minimum Gasteiger partial charge on any atom is -0.342 e. The monoisotopic (exact) mass is 355 g/mol. The minimum absolute atomic E-state index is 0. The van der Waals surface area contributed by atoms with Crippen LogP contribution in [0, 0.1) is 0 Å². The summed E-state index contributed by atoms with van der Waals surface area (Å²) in [5, 5.41) is 14.8. The van der Waals surface area contributed by atoms with E-state index in [9.17, 15) is 9.59 Å². The average Bonchev–Trinajstić information content (AvgIpc) is 3.17. The number of carbonyl (C=O) groups excluding carboxylic acids is 2. The predicted molar refractivity (Wildman–Crippen MR) is 90.4 cm³/mol. The normalized spacial score (nSPS) is 17.3. The molecule has 1 unspecified atom stereocenters. The molecule has 0 radical (unpaired) electrons. The van der Waals surface area contributed by atoms with Gasteiger partial charge in [0.2, 0.25) is 11.8 Å². The number of piperazine rings is 1. The van der Waals surface area contributed by atoms with E-state index >= 15 is 0 Å². The van der Waals surface area contributed by atoms with Crippen LogP contribution in [-0.4, -0.2) is 53.1 Å². The lowest BCUT2D eigenvalue weighted by Gasteiger charge is -2.27. The number of nitrogens with zero attached hydrogens (tertiary/aromatic N) is 2. The van der Waals surface area contributed by atoms with Gasteiger partial charge in [-0.2, -0.15) is 5.10 Å². The molecule has 23 heavy (non-hydrogen) atoms. The summed E-state index contributed by atoms with van der Waals surface area (Å²) in [5.74, 6) is -0.271. The van der Waals surface area contributed by atoms with Crippen molar-refractivity contribution >= 4 is 35.6 Å². The Hall–Kier alpha value is -1.90. The average molecular weight is 356 g/mol. The molecule has 0 aliphatic carbocycles. The van der Waals surface area contributed by atoms with E-state index in [1.807, 2.05) is 23.6 Å². The number of rotatable bonds is 4. The topological polar surface area (TPSA) is 90.1 Å². The van der Waals surface area contributed by atoms with Gasteiger partial charge in [0.05, 0.1) is 23.7 Å². The maximum Gasteiger partial charge on any atom is 0.246 e. The van der Waals surface area contributed by atoms with Crippen LogP contribution in [-0.2, 0) is 16.1 Å². The SMILES string of the molecule is CN(Cc1cc(-c2cccs2)n[nH]1)C(=O)C1CNCC(=O)N1.Cl. The van der Waals surface area contributed by atoms with Crippen molar-refractivity contribution in [3.05, 3.63) is 29.3 Å². The van der Waals surface area contributed by atoms with Crippen molar-refractivity contribution in [1.82, 2.24) is 25.7 Å². The Balaban J connectivity index is 0.00000192. The van der Waals surface area contributed by atoms with Crippen LogP contribution in [0.1, 0.15) is 5.69 Å². The van der Waals surface area contributed by atoms with Crippen molar-refractivity contribution in [2.45, 2.75) is 12.6 Å². The third-order valence-corrected chi connectivity index (χ3v) is 4.35. The highest BCUT2D eigenvalue weighted by molar-refractivity contribution is 7.13. The zero-order chi connectivity index (χ0) is 15.5. The zero-order valence-corrected chi connectivity index (χ0v) is 14.2. The molecule has 2 amide bonds. The van der Waals surface area contributed by atoms with E-state index in [0.29, 0.717) is 13.1 Å². The van der Waals surface area contributed by atoms with Crippen LogP contribution in [0.3, 0.4) is 0 Å². The van der Waals surface area contributed by atoms with Gasteiger partial charge < -0.3 is 15.5 Å². The van der Waals surface area contributed by atoms with Gasteiger partial charge in [-0.25, -0.2) is 0 Å². The first-order valence-electron chi connectivity index (χ1n) is 6.96. The number of likely N-dealkylation sites (N-methyl/N-ethyl adjacent to an activating group) is 1. The van der Waals surface area contributed by atoms with Crippen molar-refractivity contribution in [1.29, 1.82) is 0 Å². The molecule has 7 nitrogen and oxygen atoms in total. The molecule has 0 aromatic carbocycles. The van der Waals surface area contributed by atoms with E-state index in [2.05, 4.69) is 20.8 Å². The number of aromatic nitrogens is 2. The lowest BCUT2D eigenvalue weighted by molar-refractivity contribution is -0.136. The number of thiophene rings is 1. The van der Waals surface area contributed by atoms with Gasteiger partial charge in [-0.3, -0.25) is 14.7 Å². The molecule has 1 aliphatic heterocycles. The van der Waals surface area contributed by atoms with E-state index < -0.39 is 6.04 Å². The molecule has 0 saturated carbocycles. The van der Waals surface area contributed by atoms with Crippen molar-refractivity contribution in [3.63, 3.8) is 0 Å². The molecule has 124 valence electrons. The summed E-state index contributed by atoms with van der Waals surface area (Å²) < 4.78 is 0. The van der Waals surface area contributed by atoms with Gasteiger partial charge in [0.1, 0.15) is 11.7 Å². The Kier molecular flexibility index (Phi) is 5.75. The third kappa shape index (κ3) is 4.10. The quantitative estimate of drug-likeness (QED) is 0.749. The molecular formula is C14H18ClN5O2S. The lowest BCUT2D eigenvalue weighted by Crippen LogP contribution is -2.58. The number of amides is 2. The Bertz CT molecular complexity index is 673. The molecule has 1 saturated heterocycles. The summed E-state index contributed by atoms with van der Waals surface area (Å²) in [4.78, 5) is 26.3. The second-order valence-electron chi connectivity index (χ2n) is 5.20. The molecule has 2 aromatic rings. The largest absolute Gasteiger partial charge is 0.342 e. The summed E-state index contributed by atoms with van der Waals surface area (Å²) in [6.07, 6.45) is 0. The lowest BCUT2D eigenvalue weighted by atomic mass is 10.2. The molecule has 0 bridgehead atoms. The Morgan fingerprint density at radius 2 is 2.35 bits per heavy atom. The Labute approximate surface area is 143 Å². The van der Waals surface area contributed by atoms with Gasteiger partial charge in [0.25, 0.3) is 0 Å². The van der Waals surface area contributed by atoms with Gasteiger partial charge in [0, 0.05) is 13.6 Å². The summed E-state index contributed by atoms with van der Waals surface area (Å²) >= 11 is 1.62. The number of nitrogens with one attached hydrogen (secondary N) is 3. The number of hydrogen-bond acceptors (Lipinski definition) is 5. The van der Waals surface area contributed by atoms with Gasteiger partial charge in [-0.1, -0.05) is 6.07 Å². The van der Waals surface area contributed by atoms with Crippen molar-refractivity contribution in [2.24, 2.45) is 0 Å². The van der Waals surface area contributed by atoms with E-state index in [1.54, 1.807) is 23.3 Å². The highest BCUT2D eigenvalue weighted by Crippen LogP contribution is 2.23. The van der Waals surface area contributed by atoms with Crippen LogP contribution in [0.25, 0.3) is 10.6 Å². The Morgan fingerprint density at radius 1 is 1.52 bits per heavy atom. The minimum atomic E-state index is -0.508. The van der Waals surface area contributed by atoms with Crippen LogP contribution < -0.4 is 10.6 Å². The molecule has 3 rings (SSSR count). The van der Waals surface area contributed by atoms with Crippen LogP contribution in [0.4, 0.5) is 0 Å². The molecule has 0 spiro atoms. The van der Waals surface area contributed by atoms with E-state index in [1.165, 1.54) is 0 Å². The molecule has 3 N–H and O–H groups in total. The van der Waals surface area contributed by atoms with Crippen LogP contribution in [0.2, 0.25) is 0 Å². The molecular weight excluding hydrogens is 338 g/mol. The molecule has 2 aromatic heterocycles. The van der Waals surface area contributed by atoms with Crippen molar-refractivity contribution < 1.29 is 9.59 Å². The number of carbonyl (C=O) groups is 2. The maximum absolute atomic E-state index is 12.3. The van der Waals surface area contributed by atoms with Crippen LogP contribution >= 0.6 is 23.7 Å². The summed E-state index contributed by atoms with van der Waals surface area (Å²) in [6, 6.07) is 5.41. The highest BCUT2D eigenvalue weighted by Gasteiger charge is 2.27. The molecule has 1 aliphatic rings. The highest BCUT2D eigenvalue weighted by atomic mass is 35.5. The number of H-pyrrole nitrogens is 1. The summed E-state index contributed by atoms with van der Waals surface area (Å²) in [5.41, 5.74) is 1.73. The fraction of sp³-hybridized carbons (Fsp3) is 0.357. The predicted octanol–water partition coefficient (Wildman–Crippen LogP) is 0.606. The summed E-state index contributed by atoms with van der Waals surface area (Å²) in [6.45, 7) is 1.14. The second kappa shape index (κ2) is 7.58. The number of aromatic amines is 1. The van der Waals surface area contributed by atoms with E-state index in [0.717, 1.165) is 16.3 Å². The number of hydrogen-bond donors (Lipinski definition) is 3. The van der Waals surface area contributed by atoms with E-state index in [4.69, 9.17) is 0 Å². The van der Waals surface area contributed by atoms with Gasteiger partial charge in [-0.15, -0.1) is 23.7 Å². The first kappa shape index (κ1) is 17.5. The second-order valence-corrected chi connectivity index (χ2v) is 6.15. The number of halogens is 1. The van der Waals surface area contributed by atoms with Crippen LogP contribution in [0.5, 0.6) is 0 Å². The van der Waals surface area contributed by atoms with Crippen molar-refractivity contribution in [3.8, 4) is 10.6 Å². The molecule has 1 fully saturated rings. The van der Waals surface area contributed by atoms with Gasteiger partial charge in [0.15, 0.2) is 0 Å². The smallest absolute Gasteiger partial charge is 0.246 e. The van der Waals surface area contributed by atoms with Crippen molar-refractivity contribution in [2.75, 3.05) is 20.1 Å². The van der Waals surface area contributed by atoms with Crippen LogP contribution in [0.15, 0.2) is 23.6 Å².